The zero-order chi connectivity index (χ0) is 19.8. The van der Waals surface area contributed by atoms with Crippen LogP contribution in [0.5, 0.6) is 0 Å². The maximum absolute atomic E-state index is 14.3. The van der Waals surface area contributed by atoms with E-state index in [0.717, 1.165) is 44.4 Å². The Morgan fingerprint density at radius 1 is 1.18 bits per heavy atom. The number of carbonyl (C=O) groups is 2. The van der Waals surface area contributed by atoms with Crippen LogP contribution in [-0.4, -0.2) is 59.4 Å². The van der Waals surface area contributed by atoms with Crippen LogP contribution in [0.4, 0.5) is 8.78 Å². The number of hydrogen-bond donors (Lipinski definition) is 1. The number of nitrogens with one attached hydrogen (secondary N) is 1. The third-order valence-electron chi connectivity index (χ3n) is 6.45. The van der Waals surface area contributed by atoms with E-state index in [1.165, 1.54) is 6.07 Å². The van der Waals surface area contributed by atoms with Crippen LogP contribution in [-0.2, 0) is 4.79 Å². The molecule has 4 rings (SSSR count). The summed E-state index contributed by atoms with van der Waals surface area (Å²) in [7, 11) is 0. The highest BCUT2D eigenvalue weighted by atomic mass is 19.1. The van der Waals surface area contributed by atoms with Crippen molar-refractivity contribution in [2.75, 3.05) is 19.6 Å². The summed E-state index contributed by atoms with van der Waals surface area (Å²) in [5.74, 6) is -1.85. The van der Waals surface area contributed by atoms with Crippen LogP contribution in [0.15, 0.2) is 18.2 Å². The molecule has 2 saturated heterocycles. The topological polar surface area (TPSA) is 52.7 Å². The first-order valence-corrected chi connectivity index (χ1v) is 10.3. The van der Waals surface area contributed by atoms with Crippen molar-refractivity contribution in [1.29, 1.82) is 0 Å². The van der Waals surface area contributed by atoms with Crippen molar-refractivity contribution < 1.29 is 18.4 Å². The molecule has 3 fully saturated rings. The van der Waals surface area contributed by atoms with Gasteiger partial charge in [0.15, 0.2) is 0 Å². The Bertz CT molecular complexity index is 772. The van der Waals surface area contributed by atoms with Gasteiger partial charge in [-0.1, -0.05) is 12.8 Å². The minimum Gasteiger partial charge on any atom is -0.338 e. The Hall–Kier alpha value is -2.02. The molecule has 0 spiro atoms. The fourth-order valence-corrected chi connectivity index (χ4v) is 5.12. The number of likely N-dealkylation sites (tertiary alicyclic amines) is 1. The molecule has 4 atom stereocenters. The first-order valence-electron chi connectivity index (χ1n) is 10.3. The summed E-state index contributed by atoms with van der Waals surface area (Å²) >= 11 is 0. The lowest BCUT2D eigenvalue weighted by Crippen LogP contribution is -2.57. The predicted molar refractivity (Wildman–Crippen MR) is 101 cm³/mol. The third-order valence-corrected chi connectivity index (χ3v) is 6.45. The van der Waals surface area contributed by atoms with Crippen molar-refractivity contribution >= 4 is 11.8 Å². The van der Waals surface area contributed by atoms with E-state index in [2.05, 4.69) is 5.32 Å². The lowest BCUT2D eigenvalue weighted by molar-refractivity contribution is -0.136. The van der Waals surface area contributed by atoms with Crippen LogP contribution in [0.2, 0.25) is 0 Å². The number of nitrogens with zero attached hydrogens (tertiary/aromatic N) is 2. The van der Waals surface area contributed by atoms with E-state index in [1.54, 1.807) is 4.90 Å². The monoisotopic (exact) mass is 391 g/mol. The maximum Gasteiger partial charge on any atom is 0.257 e. The molecule has 2 amide bonds. The van der Waals surface area contributed by atoms with Gasteiger partial charge >= 0.3 is 0 Å². The molecule has 7 heteroatoms. The second kappa shape index (κ2) is 7.78. The van der Waals surface area contributed by atoms with Gasteiger partial charge in [-0.2, -0.15) is 0 Å². The van der Waals surface area contributed by atoms with Gasteiger partial charge in [-0.05, 0) is 44.2 Å². The normalized spacial score (nSPS) is 30.2. The molecule has 1 N–H and O–H groups in total. The summed E-state index contributed by atoms with van der Waals surface area (Å²) in [6.45, 7) is 3.98. The number of halogens is 2. The number of rotatable bonds is 2. The standard InChI is InChI=1S/C21H27F2N3O2/c1-13-12-25(9-8-24-13)21(28)19-10-14-4-2-3-5-18(14)26(19)20(27)16-7-6-15(22)11-17(16)23/h6-7,11,13-14,18-19,24H,2-5,8-10,12H2,1H3. The average Bonchev–Trinajstić information content (AvgIpc) is 3.06. The molecule has 28 heavy (non-hydrogen) atoms. The quantitative estimate of drug-likeness (QED) is 0.843. The van der Waals surface area contributed by atoms with E-state index in [9.17, 15) is 18.4 Å². The molecule has 0 radical (unpaired) electrons. The minimum absolute atomic E-state index is 0.0417. The molecule has 1 aromatic rings. The van der Waals surface area contributed by atoms with Crippen LogP contribution < -0.4 is 5.32 Å². The number of carbonyl (C=O) groups excluding carboxylic acids is 2. The molecule has 3 aliphatic rings. The predicted octanol–water partition coefficient (Wildman–Crippen LogP) is 2.56. The van der Waals surface area contributed by atoms with Crippen molar-refractivity contribution in [2.24, 2.45) is 5.92 Å². The Morgan fingerprint density at radius 2 is 1.96 bits per heavy atom. The maximum atomic E-state index is 14.3. The van der Waals surface area contributed by atoms with Crippen molar-refractivity contribution in [3.63, 3.8) is 0 Å². The molecule has 5 nitrogen and oxygen atoms in total. The molecule has 1 aromatic carbocycles. The Kier molecular flexibility index (Phi) is 5.36. The van der Waals surface area contributed by atoms with Gasteiger partial charge in [-0.15, -0.1) is 0 Å². The van der Waals surface area contributed by atoms with E-state index >= 15 is 0 Å². The zero-order valence-corrected chi connectivity index (χ0v) is 16.2. The highest BCUT2D eigenvalue weighted by Gasteiger charge is 2.49. The van der Waals surface area contributed by atoms with Gasteiger partial charge in [0.2, 0.25) is 5.91 Å². The molecule has 152 valence electrons. The van der Waals surface area contributed by atoms with Crippen LogP contribution in [0.3, 0.4) is 0 Å². The SMILES string of the molecule is CC1CN(C(=O)C2CC3CCCCC3N2C(=O)c2ccc(F)cc2F)CCN1. The van der Waals surface area contributed by atoms with E-state index in [4.69, 9.17) is 0 Å². The van der Waals surface area contributed by atoms with Gasteiger partial charge in [0, 0.05) is 37.8 Å². The molecule has 1 aliphatic carbocycles. The second-order valence-electron chi connectivity index (χ2n) is 8.34. The zero-order valence-electron chi connectivity index (χ0n) is 16.2. The van der Waals surface area contributed by atoms with E-state index in [1.807, 2.05) is 11.8 Å². The van der Waals surface area contributed by atoms with Crippen molar-refractivity contribution in [1.82, 2.24) is 15.1 Å². The number of amides is 2. The Balaban J connectivity index is 1.64. The summed E-state index contributed by atoms with van der Waals surface area (Å²) in [5.41, 5.74) is -0.154. The van der Waals surface area contributed by atoms with E-state index < -0.39 is 23.6 Å². The highest BCUT2D eigenvalue weighted by Crippen LogP contribution is 2.41. The van der Waals surface area contributed by atoms with Gasteiger partial charge in [-0.3, -0.25) is 9.59 Å². The molecular formula is C21H27F2N3O2. The summed E-state index contributed by atoms with van der Waals surface area (Å²) in [5, 5.41) is 3.32. The molecule has 2 aliphatic heterocycles. The summed E-state index contributed by atoms with van der Waals surface area (Å²) in [6, 6.07) is 2.63. The fourth-order valence-electron chi connectivity index (χ4n) is 5.12. The highest BCUT2D eigenvalue weighted by molar-refractivity contribution is 5.98. The first kappa shape index (κ1) is 19.3. The van der Waals surface area contributed by atoms with E-state index in [0.29, 0.717) is 19.5 Å². The van der Waals surface area contributed by atoms with Gasteiger partial charge in [-0.25, -0.2) is 8.78 Å². The Labute approximate surface area is 164 Å². The largest absolute Gasteiger partial charge is 0.338 e. The number of benzene rings is 1. The number of hydrogen-bond acceptors (Lipinski definition) is 3. The number of fused-ring (bicyclic) bond motifs is 1. The molecule has 1 saturated carbocycles. The van der Waals surface area contributed by atoms with E-state index in [-0.39, 0.29) is 29.5 Å². The molecule has 2 heterocycles. The molecule has 4 unspecified atom stereocenters. The van der Waals surface area contributed by atoms with Crippen molar-refractivity contribution in [3.05, 3.63) is 35.4 Å². The lowest BCUT2D eigenvalue weighted by atomic mass is 9.84. The lowest BCUT2D eigenvalue weighted by Gasteiger charge is -2.37. The average molecular weight is 391 g/mol. The summed E-state index contributed by atoms with van der Waals surface area (Å²) in [4.78, 5) is 30.0. The summed E-state index contributed by atoms with van der Waals surface area (Å²) in [6.07, 6.45) is 4.56. The molecule has 0 aromatic heterocycles. The van der Waals surface area contributed by atoms with Gasteiger partial charge in [0.1, 0.15) is 17.7 Å². The Morgan fingerprint density at radius 3 is 2.71 bits per heavy atom. The van der Waals surface area contributed by atoms with Crippen molar-refractivity contribution in [3.8, 4) is 0 Å². The third kappa shape index (κ3) is 3.52. The first-order chi connectivity index (χ1) is 13.5. The molecular weight excluding hydrogens is 364 g/mol. The van der Waals surface area contributed by atoms with Crippen LogP contribution in [0.1, 0.15) is 49.4 Å². The molecule has 0 bridgehead atoms. The van der Waals surface area contributed by atoms with Crippen LogP contribution >= 0.6 is 0 Å². The van der Waals surface area contributed by atoms with Gasteiger partial charge in [0.05, 0.1) is 5.56 Å². The number of piperazine rings is 1. The fraction of sp³-hybridized carbons (Fsp3) is 0.619. The van der Waals surface area contributed by atoms with Crippen LogP contribution in [0, 0.1) is 17.6 Å². The van der Waals surface area contributed by atoms with Gasteiger partial charge in [0.25, 0.3) is 5.91 Å². The minimum atomic E-state index is -0.869. The summed E-state index contributed by atoms with van der Waals surface area (Å²) < 4.78 is 27.6. The second-order valence-corrected chi connectivity index (χ2v) is 8.34. The van der Waals surface area contributed by atoms with Gasteiger partial charge < -0.3 is 15.1 Å². The van der Waals surface area contributed by atoms with Crippen molar-refractivity contribution in [2.45, 2.75) is 57.2 Å². The smallest absolute Gasteiger partial charge is 0.257 e. The van der Waals surface area contributed by atoms with Crippen LogP contribution in [0.25, 0.3) is 0 Å².